The minimum atomic E-state index is -0.221. The van der Waals surface area contributed by atoms with Crippen LogP contribution in [0.4, 0.5) is 0 Å². The molecule has 0 unspecified atom stereocenters. The van der Waals surface area contributed by atoms with Crippen LogP contribution in [0.1, 0.15) is 21.7 Å². The number of nitrogens with zero attached hydrogens (tertiary/aromatic N) is 5. The number of thiazole rings is 1. The highest BCUT2D eigenvalue weighted by atomic mass is 32.1. The Kier molecular flexibility index (Phi) is 4.61. The fourth-order valence-electron chi connectivity index (χ4n) is 3.15. The Hall–Kier alpha value is -3.78. The Morgan fingerprint density at radius 1 is 1.13 bits per heavy atom. The summed E-state index contributed by atoms with van der Waals surface area (Å²) < 4.78 is 3.74. The smallest absolute Gasteiger partial charge is 0.271 e. The molecule has 0 aliphatic rings. The summed E-state index contributed by atoms with van der Waals surface area (Å²) in [5.41, 5.74) is 5.05. The topological polar surface area (TPSA) is 77.1 Å². The van der Waals surface area contributed by atoms with Gasteiger partial charge in [0.1, 0.15) is 16.3 Å². The van der Waals surface area contributed by atoms with Gasteiger partial charge in [-0.15, -0.1) is 11.3 Å². The van der Waals surface area contributed by atoms with E-state index in [1.54, 1.807) is 16.3 Å². The van der Waals surface area contributed by atoms with Gasteiger partial charge in [-0.25, -0.2) is 14.6 Å². The summed E-state index contributed by atoms with van der Waals surface area (Å²) >= 11 is 1.42. The minimum absolute atomic E-state index is 0.221. The van der Waals surface area contributed by atoms with E-state index in [4.69, 9.17) is 0 Å². The maximum absolute atomic E-state index is 12.5. The number of pyridine rings is 1. The Morgan fingerprint density at radius 2 is 2.00 bits per heavy atom. The van der Waals surface area contributed by atoms with Crippen molar-refractivity contribution < 1.29 is 4.79 Å². The predicted molar refractivity (Wildman–Crippen MR) is 116 cm³/mol. The molecule has 7 nitrogen and oxygen atoms in total. The molecule has 0 bridgehead atoms. The van der Waals surface area contributed by atoms with Crippen molar-refractivity contribution in [2.24, 2.45) is 0 Å². The summed E-state index contributed by atoms with van der Waals surface area (Å²) in [6.07, 6.45) is 7.55. The number of carbonyl (C=O) groups is 1. The van der Waals surface area contributed by atoms with E-state index in [0.717, 1.165) is 33.2 Å². The number of para-hydroxylation sites is 1. The van der Waals surface area contributed by atoms with Crippen molar-refractivity contribution in [2.45, 2.75) is 13.5 Å². The third kappa shape index (κ3) is 3.60. The van der Waals surface area contributed by atoms with Crippen molar-refractivity contribution in [3.63, 3.8) is 0 Å². The van der Waals surface area contributed by atoms with Gasteiger partial charge < -0.3 is 9.72 Å². The molecule has 0 spiro atoms. The van der Waals surface area contributed by atoms with Gasteiger partial charge in [-0.05, 0) is 36.8 Å². The molecule has 148 valence electrons. The van der Waals surface area contributed by atoms with Crippen molar-refractivity contribution in [3.05, 3.63) is 89.6 Å². The molecule has 1 N–H and O–H groups in total. The highest BCUT2D eigenvalue weighted by Gasteiger charge is 2.14. The number of fused-ring (bicyclic) bond motifs is 1. The van der Waals surface area contributed by atoms with Gasteiger partial charge in [0.2, 0.25) is 0 Å². The molecule has 4 aromatic heterocycles. The average molecular weight is 414 g/mol. The second-order valence-corrected chi connectivity index (χ2v) is 7.79. The normalized spacial score (nSPS) is 11.1. The first-order valence-electron chi connectivity index (χ1n) is 9.44. The molecule has 5 aromatic rings. The standard InChI is InChI=1S/C22H18N6OS/c1-15-7-8-27-13-17(25-20(27)9-15)11-23-21(29)19-14-30-22(26-19)16-10-24-28(12-16)18-5-3-2-4-6-18/h2-10,12-14H,11H2,1H3,(H,23,29). The first-order valence-corrected chi connectivity index (χ1v) is 10.3. The number of aryl methyl sites for hydroxylation is 1. The quantitative estimate of drug-likeness (QED) is 0.473. The van der Waals surface area contributed by atoms with Crippen molar-refractivity contribution in [3.8, 4) is 16.3 Å². The molecule has 0 aliphatic carbocycles. The van der Waals surface area contributed by atoms with Gasteiger partial charge in [-0.3, -0.25) is 4.79 Å². The Morgan fingerprint density at radius 3 is 2.87 bits per heavy atom. The molecule has 1 aromatic carbocycles. The molecule has 5 rings (SSSR count). The van der Waals surface area contributed by atoms with Gasteiger partial charge >= 0.3 is 0 Å². The van der Waals surface area contributed by atoms with Gasteiger partial charge in [0.05, 0.1) is 24.1 Å². The second-order valence-electron chi connectivity index (χ2n) is 6.93. The first kappa shape index (κ1) is 18.3. The van der Waals surface area contributed by atoms with Crippen LogP contribution >= 0.6 is 11.3 Å². The van der Waals surface area contributed by atoms with E-state index >= 15 is 0 Å². The van der Waals surface area contributed by atoms with Crippen LogP contribution in [-0.4, -0.2) is 30.1 Å². The number of amides is 1. The zero-order valence-electron chi connectivity index (χ0n) is 16.2. The molecule has 0 fully saturated rings. The van der Waals surface area contributed by atoms with E-state index < -0.39 is 0 Å². The van der Waals surface area contributed by atoms with Crippen molar-refractivity contribution in [2.75, 3.05) is 0 Å². The van der Waals surface area contributed by atoms with Crippen LogP contribution in [0.2, 0.25) is 0 Å². The lowest BCUT2D eigenvalue weighted by atomic mass is 10.3. The number of rotatable bonds is 5. The zero-order valence-corrected chi connectivity index (χ0v) is 17.0. The summed E-state index contributed by atoms with van der Waals surface area (Å²) in [4.78, 5) is 21.6. The molecule has 30 heavy (non-hydrogen) atoms. The minimum Gasteiger partial charge on any atom is -0.345 e. The molecule has 1 amide bonds. The number of carbonyl (C=O) groups excluding carboxylic acids is 1. The molecule has 0 saturated carbocycles. The molecule has 0 atom stereocenters. The number of nitrogens with one attached hydrogen (secondary N) is 1. The Bertz CT molecular complexity index is 1330. The van der Waals surface area contributed by atoms with E-state index in [1.165, 1.54) is 11.3 Å². The SMILES string of the molecule is Cc1ccn2cc(CNC(=O)c3csc(-c4cnn(-c5ccccc5)c4)n3)nc2c1. The third-order valence-corrected chi connectivity index (χ3v) is 5.57. The van der Waals surface area contributed by atoms with Crippen LogP contribution in [0, 0.1) is 6.92 Å². The third-order valence-electron chi connectivity index (χ3n) is 4.68. The molecule has 0 aliphatic heterocycles. The lowest BCUT2D eigenvalue weighted by Gasteiger charge is -1.99. The van der Waals surface area contributed by atoms with Gasteiger partial charge in [0.15, 0.2) is 0 Å². The van der Waals surface area contributed by atoms with Crippen molar-refractivity contribution >= 4 is 22.9 Å². The summed E-state index contributed by atoms with van der Waals surface area (Å²) in [7, 11) is 0. The summed E-state index contributed by atoms with van der Waals surface area (Å²) in [6.45, 7) is 2.37. The number of hydrogen-bond acceptors (Lipinski definition) is 5. The monoisotopic (exact) mass is 414 g/mol. The second kappa shape index (κ2) is 7.57. The summed E-state index contributed by atoms with van der Waals surface area (Å²) in [6, 6.07) is 13.9. The van der Waals surface area contributed by atoms with E-state index in [1.807, 2.05) is 72.4 Å². The van der Waals surface area contributed by atoms with E-state index in [0.29, 0.717) is 12.2 Å². The van der Waals surface area contributed by atoms with Crippen LogP contribution in [-0.2, 0) is 6.54 Å². The van der Waals surface area contributed by atoms with Crippen LogP contribution < -0.4 is 5.32 Å². The predicted octanol–water partition coefficient (Wildman–Crippen LogP) is 3.88. The number of aromatic nitrogens is 5. The highest BCUT2D eigenvalue weighted by molar-refractivity contribution is 7.13. The lowest BCUT2D eigenvalue weighted by molar-refractivity contribution is 0.0946. The van der Waals surface area contributed by atoms with E-state index in [-0.39, 0.29) is 5.91 Å². The number of imidazole rings is 1. The van der Waals surface area contributed by atoms with Crippen molar-refractivity contribution in [1.82, 2.24) is 29.5 Å². The van der Waals surface area contributed by atoms with Crippen LogP contribution in [0.3, 0.4) is 0 Å². The molecule has 0 radical (unpaired) electrons. The van der Waals surface area contributed by atoms with Gasteiger partial charge in [-0.2, -0.15) is 5.10 Å². The Balaban J connectivity index is 1.28. The first-order chi connectivity index (χ1) is 14.7. The van der Waals surface area contributed by atoms with Gasteiger partial charge in [-0.1, -0.05) is 18.2 Å². The van der Waals surface area contributed by atoms with Crippen molar-refractivity contribution in [1.29, 1.82) is 0 Å². The van der Waals surface area contributed by atoms with E-state index in [9.17, 15) is 4.79 Å². The highest BCUT2D eigenvalue weighted by Crippen LogP contribution is 2.24. The average Bonchev–Trinajstić information content (AvgIpc) is 3.51. The van der Waals surface area contributed by atoms with Crippen LogP contribution in [0.15, 0.2) is 72.6 Å². The van der Waals surface area contributed by atoms with Gasteiger partial charge in [0, 0.05) is 29.5 Å². The summed E-state index contributed by atoms with van der Waals surface area (Å²) in [5, 5.41) is 9.80. The van der Waals surface area contributed by atoms with Crippen LogP contribution in [0.5, 0.6) is 0 Å². The largest absolute Gasteiger partial charge is 0.345 e. The van der Waals surface area contributed by atoms with E-state index in [2.05, 4.69) is 20.4 Å². The van der Waals surface area contributed by atoms with Crippen LogP contribution in [0.25, 0.3) is 21.9 Å². The summed E-state index contributed by atoms with van der Waals surface area (Å²) in [5.74, 6) is -0.221. The fraction of sp³-hybridized carbons (Fsp3) is 0.0909. The van der Waals surface area contributed by atoms with Gasteiger partial charge in [0.25, 0.3) is 5.91 Å². The maximum Gasteiger partial charge on any atom is 0.271 e. The molecule has 0 saturated heterocycles. The fourth-order valence-corrected chi connectivity index (χ4v) is 3.92. The molecular weight excluding hydrogens is 396 g/mol. The molecular formula is C22H18N6OS. The number of benzene rings is 1. The number of hydrogen-bond donors (Lipinski definition) is 1. The zero-order chi connectivity index (χ0) is 20.5. The molecule has 8 heteroatoms. The maximum atomic E-state index is 12.5. The molecule has 4 heterocycles. The Labute approximate surface area is 176 Å². The lowest BCUT2D eigenvalue weighted by Crippen LogP contribution is -2.23.